The molecule has 1 heterocycles. The molecule has 2 nitrogen and oxygen atoms in total. The summed E-state index contributed by atoms with van der Waals surface area (Å²) in [7, 11) is 0. The van der Waals surface area contributed by atoms with E-state index < -0.39 is 0 Å². The van der Waals surface area contributed by atoms with Gasteiger partial charge in [-0.05, 0) is 56.8 Å². The molecule has 1 saturated heterocycles. The van der Waals surface area contributed by atoms with Gasteiger partial charge in [0.25, 0.3) is 0 Å². The predicted molar refractivity (Wildman–Crippen MR) is 77.9 cm³/mol. The third-order valence-corrected chi connectivity index (χ3v) is 3.95. The Labute approximate surface area is 111 Å². The summed E-state index contributed by atoms with van der Waals surface area (Å²) >= 11 is 0. The molecular weight excluding hydrogens is 220 g/mol. The molecule has 1 aromatic carbocycles. The fraction of sp³-hybridized carbons (Fsp3) is 0.625. The van der Waals surface area contributed by atoms with E-state index >= 15 is 0 Å². The molecule has 1 aliphatic heterocycles. The minimum atomic E-state index is 0.457. The van der Waals surface area contributed by atoms with Crippen molar-refractivity contribution in [2.45, 2.75) is 51.6 Å². The largest absolute Gasteiger partial charge is 0.317 e. The van der Waals surface area contributed by atoms with Gasteiger partial charge in [-0.15, -0.1) is 0 Å². The number of hydrogen-bond acceptors (Lipinski definition) is 2. The molecule has 2 N–H and O–H groups in total. The Morgan fingerprint density at radius 3 is 2.72 bits per heavy atom. The molecule has 18 heavy (non-hydrogen) atoms. The van der Waals surface area contributed by atoms with Gasteiger partial charge in [-0.1, -0.05) is 31.2 Å². The fourth-order valence-corrected chi connectivity index (χ4v) is 2.68. The second-order valence-corrected chi connectivity index (χ2v) is 5.36. The highest BCUT2D eigenvalue weighted by Crippen LogP contribution is 2.17. The molecule has 2 rings (SSSR count). The van der Waals surface area contributed by atoms with E-state index in [1.54, 1.807) is 0 Å². The van der Waals surface area contributed by atoms with Crippen LogP contribution in [-0.4, -0.2) is 19.1 Å². The van der Waals surface area contributed by atoms with Crippen LogP contribution in [0.5, 0.6) is 0 Å². The highest BCUT2D eigenvalue weighted by atomic mass is 15.0. The molecule has 0 amide bonds. The standard InChI is InChI=1S/C16H26N2/c1-3-14-6-8-15(9-7-14)13(2)18-16-5-4-11-17-12-10-16/h6-9,13,16-18H,3-5,10-12H2,1-2H3. The Hall–Kier alpha value is -0.860. The molecule has 0 radical (unpaired) electrons. The van der Waals surface area contributed by atoms with Crippen LogP contribution in [0, 0.1) is 0 Å². The van der Waals surface area contributed by atoms with Crippen LogP contribution in [0.1, 0.15) is 50.3 Å². The lowest BCUT2D eigenvalue weighted by Gasteiger charge is -2.22. The van der Waals surface area contributed by atoms with Gasteiger partial charge in [0, 0.05) is 12.1 Å². The molecule has 0 spiro atoms. The summed E-state index contributed by atoms with van der Waals surface area (Å²) < 4.78 is 0. The lowest BCUT2D eigenvalue weighted by Crippen LogP contribution is -2.32. The molecule has 2 heteroatoms. The smallest absolute Gasteiger partial charge is 0.0294 e. The summed E-state index contributed by atoms with van der Waals surface area (Å²) in [4.78, 5) is 0. The summed E-state index contributed by atoms with van der Waals surface area (Å²) in [5.41, 5.74) is 2.83. The number of aryl methyl sites for hydroxylation is 1. The van der Waals surface area contributed by atoms with E-state index in [4.69, 9.17) is 0 Å². The summed E-state index contributed by atoms with van der Waals surface area (Å²) in [6.45, 7) is 6.81. The van der Waals surface area contributed by atoms with Gasteiger partial charge >= 0.3 is 0 Å². The van der Waals surface area contributed by atoms with Crippen LogP contribution in [0.3, 0.4) is 0 Å². The van der Waals surface area contributed by atoms with Crippen molar-refractivity contribution in [3.05, 3.63) is 35.4 Å². The average Bonchev–Trinajstić information content (AvgIpc) is 2.67. The lowest BCUT2D eigenvalue weighted by atomic mass is 10.0. The van der Waals surface area contributed by atoms with E-state index in [1.165, 1.54) is 36.9 Å². The zero-order chi connectivity index (χ0) is 12.8. The molecule has 0 saturated carbocycles. The van der Waals surface area contributed by atoms with Gasteiger partial charge in [-0.2, -0.15) is 0 Å². The fourth-order valence-electron chi connectivity index (χ4n) is 2.68. The molecule has 100 valence electrons. The average molecular weight is 246 g/mol. The third-order valence-electron chi connectivity index (χ3n) is 3.95. The van der Waals surface area contributed by atoms with Crippen molar-refractivity contribution in [2.24, 2.45) is 0 Å². The maximum absolute atomic E-state index is 3.77. The van der Waals surface area contributed by atoms with Gasteiger partial charge in [-0.25, -0.2) is 0 Å². The van der Waals surface area contributed by atoms with Crippen molar-refractivity contribution >= 4 is 0 Å². The van der Waals surface area contributed by atoms with Crippen molar-refractivity contribution in [1.29, 1.82) is 0 Å². The summed E-state index contributed by atoms with van der Waals surface area (Å²) in [6.07, 6.45) is 4.96. The molecule has 0 aromatic heterocycles. The minimum absolute atomic E-state index is 0.457. The Bertz CT molecular complexity index is 337. The van der Waals surface area contributed by atoms with E-state index in [-0.39, 0.29) is 0 Å². The molecule has 1 fully saturated rings. The highest BCUT2D eigenvalue weighted by molar-refractivity contribution is 5.24. The molecule has 1 aromatic rings. The number of nitrogens with one attached hydrogen (secondary N) is 2. The van der Waals surface area contributed by atoms with Gasteiger partial charge < -0.3 is 10.6 Å². The summed E-state index contributed by atoms with van der Waals surface area (Å²) in [5.74, 6) is 0. The van der Waals surface area contributed by atoms with Gasteiger partial charge in [0.15, 0.2) is 0 Å². The summed E-state index contributed by atoms with van der Waals surface area (Å²) in [6, 6.07) is 10.2. The zero-order valence-electron chi connectivity index (χ0n) is 11.7. The van der Waals surface area contributed by atoms with Crippen LogP contribution in [0.2, 0.25) is 0 Å². The molecule has 0 bridgehead atoms. The van der Waals surface area contributed by atoms with Crippen molar-refractivity contribution in [2.75, 3.05) is 13.1 Å². The van der Waals surface area contributed by atoms with Crippen molar-refractivity contribution < 1.29 is 0 Å². The molecule has 1 aliphatic rings. The van der Waals surface area contributed by atoms with E-state index in [0.29, 0.717) is 12.1 Å². The third kappa shape index (κ3) is 3.82. The lowest BCUT2D eigenvalue weighted by molar-refractivity contribution is 0.421. The molecule has 2 atom stereocenters. The van der Waals surface area contributed by atoms with Crippen molar-refractivity contribution in [3.8, 4) is 0 Å². The highest BCUT2D eigenvalue weighted by Gasteiger charge is 2.14. The Balaban J connectivity index is 1.90. The Kier molecular flexibility index (Phi) is 5.21. The monoisotopic (exact) mass is 246 g/mol. The number of benzene rings is 1. The maximum Gasteiger partial charge on any atom is 0.0294 e. The van der Waals surface area contributed by atoms with E-state index in [0.717, 1.165) is 13.0 Å². The van der Waals surface area contributed by atoms with Gasteiger partial charge in [0.05, 0.1) is 0 Å². The molecular formula is C16H26N2. The molecule has 0 aliphatic carbocycles. The minimum Gasteiger partial charge on any atom is -0.317 e. The van der Waals surface area contributed by atoms with E-state index in [1.807, 2.05) is 0 Å². The zero-order valence-corrected chi connectivity index (χ0v) is 11.7. The second kappa shape index (κ2) is 6.91. The number of hydrogen-bond donors (Lipinski definition) is 2. The van der Waals surface area contributed by atoms with Crippen molar-refractivity contribution in [1.82, 2.24) is 10.6 Å². The van der Waals surface area contributed by atoms with Crippen LogP contribution in [0.25, 0.3) is 0 Å². The van der Waals surface area contributed by atoms with Gasteiger partial charge in [-0.3, -0.25) is 0 Å². The first kappa shape index (κ1) is 13.6. The Morgan fingerprint density at radius 2 is 2.00 bits per heavy atom. The van der Waals surface area contributed by atoms with Crippen LogP contribution >= 0.6 is 0 Å². The van der Waals surface area contributed by atoms with Gasteiger partial charge in [0.1, 0.15) is 0 Å². The second-order valence-electron chi connectivity index (χ2n) is 5.36. The first-order valence-corrected chi connectivity index (χ1v) is 7.35. The molecule has 2 unspecified atom stereocenters. The van der Waals surface area contributed by atoms with Crippen LogP contribution in [0.15, 0.2) is 24.3 Å². The van der Waals surface area contributed by atoms with Gasteiger partial charge in [0.2, 0.25) is 0 Å². The normalized spacial score (nSPS) is 22.4. The van der Waals surface area contributed by atoms with Crippen LogP contribution in [0.4, 0.5) is 0 Å². The first-order chi connectivity index (χ1) is 8.79. The topological polar surface area (TPSA) is 24.1 Å². The first-order valence-electron chi connectivity index (χ1n) is 7.35. The van der Waals surface area contributed by atoms with Crippen LogP contribution < -0.4 is 10.6 Å². The quantitative estimate of drug-likeness (QED) is 0.853. The van der Waals surface area contributed by atoms with E-state index in [9.17, 15) is 0 Å². The van der Waals surface area contributed by atoms with Crippen LogP contribution in [-0.2, 0) is 6.42 Å². The number of rotatable bonds is 4. The van der Waals surface area contributed by atoms with E-state index in [2.05, 4.69) is 48.7 Å². The summed E-state index contributed by atoms with van der Waals surface area (Å²) in [5, 5.41) is 7.24. The maximum atomic E-state index is 3.77. The SMILES string of the molecule is CCc1ccc(C(C)NC2CCCNCC2)cc1. The Morgan fingerprint density at radius 1 is 1.22 bits per heavy atom. The van der Waals surface area contributed by atoms with Crippen molar-refractivity contribution in [3.63, 3.8) is 0 Å². The predicted octanol–water partition coefficient (Wildman–Crippen LogP) is 3.04.